The van der Waals surface area contributed by atoms with Crippen molar-refractivity contribution in [3.05, 3.63) is 0 Å². The van der Waals surface area contributed by atoms with Crippen LogP contribution in [0.5, 0.6) is 0 Å². The Morgan fingerprint density at radius 2 is 1.83 bits per heavy atom. The predicted octanol–water partition coefficient (Wildman–Crippen LogP) is 1.83. The summed E-state index contributed by atoms with van der Waals surface area (Å²) in [6.45, 7) is 3.16. The van der Waals surface area contributed by atoms with Gasteiger partial charge >= 0.3 is 5.97 Å². The van der Waals surface area contributed by atoms with Crippen molar-refractivity contribution in [3.8, 4) is 0 Å². The molecule has 0 aromatic carbocycles. The Labute approximate surface area is 109 Å². The second kappa shape index (κ2) is 5.72. The van der Waals surface area contributed by atoms with Gasteiger partial charge in [0.1, 0.15) is 0 Å². The van der Waals surface area contributed by atoms with E-state index in [1.165, 1.54) is 32.8 Å². The summed E-state index contributed by atoms with van der Waals surface area (Å²) in [6, 6.07) is 0. The van der Waals surface area contributed by atoms with E-state index in [4.69, 9.17) is 0 Å². The summed E-state index contributed by atoms with van der Waals surface area (Å²) >= 11 is 0. The number of methoxy groups -OCH3 is 1. The molecule has 2 atom stereocenters. The van der Waals surface area contributed by atoms with Crippen LogP contribution in [0, 0.1) is 17.8 Å². The number of hydrogen-bond acceptors (Lipinski definition) is 3. The fourth-order valence-corrected chi connectivity index (χ4v) is 3.32. The summed E-state index contributed by atoms with van der Waals surface area (Å²) in [7, 11) is 1.38. The highest BCUT2D eigenvalue weighted by Crippen LogP contribution is 2.56. The summed E-state index contributed by atoms with van der Waals surface area (Å²) in [5.41, 5.74) is 0. The molecule has 4 nitrogen and oxygen atoms in total. The Balaban J connectivity index is 1.84. The van der Waals surface area contributed by atoms with Crippen LogP contribution in [-0.4, -0.2) is 37.0 Å². The first-order chi connectivity index (χ1) is 8.69. The zero-order valence-corrected chi connectivity index (χ0v) is 11.4. The lowest BCUT2D eigenvalue weighted by molar-refractivity contribution is -0.142. The lowest BCUT2D eigenvalue weighted by Gasteiger charge is -2.20. The quantitative estimate of drug-likeness (QED) is 0.702. The van der Waals surface area contributed by atoms with Gasteiger partial charge in [-0.15, -0.1) is 0 Å². The number of carbonyl (C=O) groups is 2. The van der Waals surface area contributed by atoms with Crippen molar-refractivity contribution < 1.29 is 14.3 Å². The summed E-state index contributed by atoms with van der Waals surface area (Å²) in [5, 5.41) is 0. The number of hydrogen-bond donors (Lipinski definition) is 0. The molecule has 0 aliphatic heterocycles. The summed E-state index contributed by atoms with van der Waals surface area (Å²) in [5.74, 6) is 1.55. The number of esters is 1. The normalized spacial score (nSPS) is 29.3. The second-order valence-corrected chi connectivity index (χ2v) is 5.38. The van der Waals surface area contributed by atoms with Gasteiger partial charge in [0.05, 0.1) is 13.5 Å². The minimum Gasteiger partial charge on any atom is -0.469 e. The van der Waals surface area contributed by atoms with Gasteiger partial charge in [0.2, 0.25) is 5.91 Å². The third-order valence-corrected chi connectivity index (χ3v) is 4.45. The van der Waals surface area contributed by atoms with Crippen molar-refractivity contribution in [2.24, 2.45) is 17.8 Å². The van der Waals surface area contributed by atoms with Gasteiger partial charge in [-0.3, -0.25) is 9.59 Å². The van der Waals surface area contributed by atoms with E-state index in [2.05, 4.69) is 4.74 Å². The van der Waals surface area contributed by atoms with E-state index in [1.54, 1.807) is 0 Å². The first-order valence-electron chi connectivity index (χ1n) is 7.04. The molecule has 0 N–H and O–H groups in total. The van der Waals surface area contributed by atoms with E-state index in [-0.39, 0.29) is 17.8 Å². The molecule has 0 heterocycles. The Hall–Kier alpha value is -1.06. The smallest absolute Gasteiger partial charge is 0.307 e. The van der Waals surface area contributed by atoms with Gasteiger partial charge in [0.15, 0.2) is 0 Å². The number of carbonyl (C=O) groups excluding carboxylic acids is 2. The molecule has 18 heavy (non-hydrogen) atoms. The zero-order chi connectivity index (χ0) is 13.1. The highest BCUT2D eigenvalue weighted by molar-refractivity contribution is 5.83. The molecule has 0 spiro atoms. The van der Waals surface area contributed by atoms with Crippen molar-refractivity contribution in [2.75, 3.05) is 20.2 Å². The molecule has 0 bridgehead atoms. The number of amides is 1. The first-order valence-corrected chi connectivity index (χ1v) is 7.04. The van der Waals surface area contributed by atoms with Crippen LogP contribution in [0.4, 0.5) is 0 Å². The molecule has 2 saturated carbocycles. The van der Waals surface area contributed by atoms with Crippen LogP contribution in [-0.2, 0) is 14.3 Å². The van der Waals surface area contributed by atoms with E-state index in [0.717, 1.165) is 0 Å². The lowest BCUT2D eigenvalue weighted by Crippen LogP contribution is -2.34. The van der Waals surface area contributed by atoms with E-state index < -0.39 is 0 Å². The topological polar surface area (TPSA) is 46.6 Å². The van der Waals surface area contributed by atoms with Crippen LogP contribution >= 0.6 is 0 Å². The van der Waals surface area contributed by atoms with Crippen LogP contribution in [0.2, 0.25) is 0 Å². The average molecular weight is 253 g/mol. The van der Waals surface area contributed by atoms with Crippen LogP contribution in [0.15, 0.2) is 0 Å². The van der Waals surface area contributed by atoms with Crippen molar-refractivity contribution in [1.82, 2.24) is 4.90 Å². The molecule has 1 amide bonds. The third-order valence-electron chi connectivity index (χ3n) is 4.45. The third kappa shape index (κ3) is 2.68. The maximum absolute atomic E-state index is 12.4. The molecular weight excluding hydrogens is 230 g/mol. The van der Waals surface area contributed by atoms with Crippen LogP contribution in [0.3, 0.4) is 0 Å². The van der Waals surface area contributed by atoms with Gasteiger partial charge in [0.25, 0.3) is 0 Å². The highest BCUT2D eigenvalue weighted by Gasteiger charge is 2.55. The van der Waals surface area contributed by atoms with Gasteiger partial charge in [0, 0.05) is 19.0 Å². The minimum atomic E-state index is -0.241. The van der Waals surface area contributed by atoms with Crippen molar-refractivity contribution in [3.63, 3.8) is 0 Å². The maximum atomic E-state index is 12.4. The summed E-state index contributed by atoms with van der Waals surface area (Å²) in [6.07, 6.45) is 5.29. The van der Waals surface area contributed by atoms with Crippen LogP contribution in [0.1, 0.15) is 39.0 Å². The molecule has 2 aliphatic carbocycles. The standard InChI is InChI=1S/C14H23NO3/c1-3-15(9-8-12(16)18-2)14(17)13-10-6-4-5-7-11(10)13/h10-11,13H,3-9H2,1-2H3. The van der Waals surface area contributed by atoms with Crippen molar-refractivity contribution in [2.45, 2.75) is 39.0 Å². The van der Waals surface area contributed by atoms with Crippen LogP contribution in [0.25, 0.3) is 0 Å². The fourth-order valence-electron chi connectivity index (χ4n) is 3.32. The van der Waals surface area contributed by atoms with E-state index in [1.807, 2.05) is 11.8 Å². The minimum absolute atomic E-state index is 0.241. The molecule has 0 saturated heterocycles. The van der Waals surface area contributed by atoms with E-state index in [0.29, 0.717) is 31.3 Å². The fraction of sp³-hybridized carbons (Fsp3) is 0.857. The molecule has 0 radical (unpaired) electrons. The SMILES string of the molecule is CCN(CCC(=O)OC)C(=O)C1C2CCCCC21. The predicted molar refractivity (Wildman–Crippen MR) is 67.8 cm³/mol. The Bertz CT molecular complexity index is 317. The molecule has 4 heteroatoms. The molecule has 2 aliphatic rings. The van der Waals surface area contributed by atoms with Gasteiger partial charge < -0.3 is 9.64 Å². The van der Waals surface area contributed by atoms with Gasteiger partial charge in [-0.05, 0) is 31.6 Å². The number of nitrogens with zero attached hydrogens (tertiary/aromatic N) is 1. The summed E-state index contributed by atoms with van der Waals surface area (Å²) < 4.78 is 4.62. The van der Waals surface area contributed by atoms with Gasteiger partial charge in [-0.1, -0.05) is 12.8 Å². The summed E-state index contributed by atoms with van der Waals surface area (Å²) in [4.78, 5) is 25.3. The van der Waals surface area contributed by atoms with E-state index >= 15 is 0 Å². The molecule has 102 valence electrons. The van der Waals surface area contributed by atoms with E-state index in [9.17, 15) is 9.59 Å². The maximum Gasteiger partial charge on any atom is 0.307 e. The molecular formula is C14H23NO3. The molecule has 2 unspecified atom stereocenters. The number of ether oxygens (including phenoxy) is 1. The van der Waals surface area contributed by atoms with Crippen LogP contribution < -0.4 is 0 Å². The highest BCUT2D eigenvalue weighted by atomic mass is 16.5. The Morgan fingerprint density at radius 1 is 1.22 bits per heavy atom. The Morgan fingerprint density at radius 3 is 2.33 bits per heavy atom. The van der Waals surface area contributed by atoms with Crippen molar-refractivity contribution >= 4 is 11.9 Å². The molecule has 0 aromatic rings. The molecule has 0 aromatic heterocycles. The average Bonchev–Trinajstić information content (AvgIpc) is 3.13. The monoisotopic (exact) mass is 253 g/mol. The van der Waals surface area contributed by atoms with Crippen molar-refractivity contribution in [1.29, 1.82) is 0 Å². The Kier molecular flexibility index (Phi) is 4.25. The lowest BCUT2D eigenvalue weighted by atomic mass is 10.0. The largest absolute Gasteiger partial charge is 0.469 e. The molecule has 2 fully saturated rings. The number of fused-ring (bicyclic) bond motifs is 1. The van der Waals surface area contributed by atoms with Gasteiger partial charge in [-0.2, -0.15) is 0 Å². The zero-order valence-electron chi connectivity index (χ0n) is 11.4. The second-order valence-electron chi connectivity index (χ2n) is 5.38. The van der Waals surface area contributed by atoms with Gasteiger partial charge in [-0.25, -0.2) is 0 Å². The molecule has 2 rings (SSSR count). The number of rotatable bonds is 5. The first kappa shape index (κ1) is 13.4.